The molecule has 1 unspecified atom stereocenters. The predicted molar refractivity (Wildman–Crippen MR) is 301 cm³/mol. The summed E-state index contributed by atoms with van der Waals surface area (Å²) >= 11 is 0. The molecule has 0 aliphatic carbocycles. The molecule has 0 aliphatic rings. The Morgan fingerprint density at radius 1 is 0.314 bits per heavy atom. The number of unbranched alkanes of at least 4 members (excludes halogenated alkanes) is 13. The van der Waals surface area contributed by atoms with Crippen LogP contribution < -0.4 is 0 Å². The second-order valence-electron chi connectivity index (χ2n) is 17.2. The van der Waals surface area contributed by atoms with Crippen molar-refractivity contribution in [3.8, 4) is 0 Å². The third-order valence-corrected chi connectivity index (χ3v) is 10.6. The third kappa shape index (κ3) is 53.7. The van der Waals surface area contributed by atoms with Gasteiger partial charge in [0.05, 0.1) is 0 Å². The molecule has 0 amide bonds. The highest BCUT2D eigenvalue weighted by molar-refractivity contribution is 5.71. The van der Waals surface area contributed by atoms with E-state index in [1.807, 2.05) is 85.1 Å². The van der Waals surface area contributed by atoms with Crippen molar-refractivity contribution >= 4 is 17.9 Å². The lowest BCUT2D eigenvalue weighted by Gasteiger charge is -2.18. The number of hydrogen-bond acceptors (Lipinski definition) is 6. The lowest BCUT2D eigenvalue weighted by Crippen LogP contribution is -2.30. The molecule has 70 heavy (non-hydrogen) atoms. The first-order chi connectivity index (χ1) is 34.5. The van der Waals surface area contributed by atoms with Crippen LogP contribution in [0.15, 0.2) is 170 Å². The average Bonchev–Trinajstić information content (AvgIpc) is 3.36. The lowest BCUT2D eigenvalue weighted by molar-refractivity contribution is -0.166. The molecule has 0 bridgehead atoms. The van der Waals surface area contributed by atoms with Crippen LogP contribution in [-0.2, 0) is 28.6 Å². The fraction of sp³-hybridized carbons (Fsp3) is 0.516. The van der Waals surface area contributed by atoms with Crippen molar-refractivity contribution in [2.75, 3.05) is 13.2 Å². The number of ether oxygens (including phenoxy) is 3. The van der Waals surface area contributed by atoms with E-state index in [0.29, 0.717) is 12.8 Å². The van der Waals surface area contributed by atoms with Gasteiger partial charge in [0.2, 0.25) is 0 Å². The smallest absolute Gasteiger partial charge is 0.306 e. The maximum atomic E-state index is 12.8. The first-order valence-corrected chi connectivity index (χ1v) is 27.2. The molecule has 0 heterocycles. The lowest BCUT2D eigenvalue weighted by atomic mass is 10.1. The van der Waals surface area contributed by atoms with Gasteiger partial charge in [-0.3, -0.25) is 14.4 Å². The number of carbonyl (C=O) groups excluding carboxylic acids is 3. The zero-order valence-corrected chi connectivity index (χ0v) is 44.2. The molecule has 0 radical (unpaired) electrons. The fourth-order valence-electron chi connectivity index (χ4n) is 6.62. The van der Waals surface area contributed by atoms with Crippen molar-refractivity contribution in [1.29, 1.82) is 0 Å². The van der Waals surface area contributed by atoms with Crippen molar-refractivity contribution in [2.45, 2.75) is 200 Å². The van der Waals surface area contributed by atoms with Gasteiger partial charge in [0, 0.05) is 19.3 Å². The fourth-order valence-corrected chi connectivity index (χ4v) is 6.62. The minimum Gasteiger partial charge on any atom is -0.462 e. The Balaban J connectivity index is 4.65. The molecule has 0 saturated carbocycles. The molecular formula is C64H96O6. The zero-order valence-electron chi connectivity index (χ0n) is 44.2. The van der Waals surface area contributed by atoms with Crippen LogP contribution >= 0.6 is 0 Å². The van der Waals surface area contributed by atoms with E-state index < -0.39 is 6.10 Å². The van der Waals surface area contributed by atoms with Gasteiger partial charge in [-0.05, 0) is 103 Å². The second-order valence-corrected chi connectivity index (χ2v) is 17.2. The quantitative estimate of drug-likeness (QED) is 0.0199. The first kappa shape index (κ1) is 64.8. The second kappa shape index (κ2) is 56.4. The summed E-state index contributed by atoms with van der Waals surface area (Å²) in [7, 11) is 0. The van der Waals surface area contributed by atoms with Gasteiger partial charge in [-0.15, -0.1) is 0 Å². The predicted octanol–water partition coefficient (Wildman–Crippen LogP) is 18.4. The molecule has 0 saturated heterocycles. The number of esters is 3. The van der Waals surface area contributed by atoms with Crippen LogP contribution in [0.2, 0.25) is 0 Å². The summed E-state index contributed by atoms with van der Waals surface area (Å²) in [6.07, 6.45) is 83.4. The molecule has 1 atom stereocenters. The van der Waals surface area contributed by atoms with Crippen LogP contribution in [0.3, 0.4) is 0 Å². The van der Waals surface area contributed by atoms with E-state index in [0.717, 1.165) is 96.3 Å². The number of carbonyl (C=O) groups is 3. The number of hydrogen-bond donors (Lipinski definition) is 0. The van der Waals surface area contributed by atoms with Gasteiger partial charge in [-0.1, -0.05) is 242 Å². The van der Waals surface area contributed by atoms with Crippen LogP contribution in [0.25, 0.3) is 0 Å². The van der Waals surface area contributed by atoms with Crippen LogP contribution in [0.1, 0.15) is 194 Å². The van der Waals surface area contributed by atoms with Gasteiger partial charge in [0.15, 0.2) is 6.10 Å². The van der Waals surface area contributed by atoms with Crippen LogP contribution in [0, 0.1) is 0 Å². The van der Waals surface area contributed by atoms with Crippen molar-refractivity contribution in [3.63, 3.8) is 0 Å². The summed E-state index contributed by atoms with van der Waals surface area (Å²) in [6.45, 7) is 6.22. The number of allylic oxidation sites excluding steroid dienone is 28. The molecule has 0 aromatic heterocycles. The molecule has 6 heteroatoms. The topological polar surface area (TPSA) is 78.9 Å². The Kier molecular flexibility index (Phi) is 52.1. The molecule has 0 spiro atoms. The molecule has 6 nitrogen and oxygen atoms in total. The van der Waals surface area contributed by atoms with Crippen LogP contribution in [-0.4, -0.2) is 37.2 Å². The molecule has 0 fully saturated rings. The van der Waals surface area contributed by atoms with Crippen molar-refractivity contribution < 1.29 is 28.6 Å². The Morgan fingerprint density at radius 3 is 1.14 bits per heavy atom. The van der Waals surface area contributed by atoms with Gasteiger partial charge in [-0.2, -0.15) is 0 Å². The minimum absolute atomic E-state index is 0.137. The minimum atomic E-state index is -0.841. The molecule has 0 aliphatic heterocycles. The van der Waals surface area contributed by atoms with E-state index in [-0.39, 0.29) is 50.4 Å². The molecular weight excluding hydrogens is 865 g/mol. The highest BCUT2D eigenvalue weighted by Crippen LogP contribution is 2.13. The Hall–Kier alpha value is -5.23. The van der Waals surface area contributed by atoms with Gasteiger partial charge in [0.1, 0.15) is 13.2 Å². The zero-order chi connectivity index (χ0) is 50.7. The summed E-state index contributed by atoms with van der Waals surface area (Å²) < 4.78 is 16.7. The standard InChI is InChI=1S/C64H96O6/c1-4-7-10-13-16-19-22-25-28-31-32-34-36-39-42-45-48-51-54-57-63(66)69-60-61(59-68-62(65)56-53-50-47-44-41-38-35-30-27-24-21-18-15-12-9-6-3)70-64(67)58-55-52-49-46-43-40-37-33-29-26-23-20-17-14-11-8-5-2/h7,9-10,12-13,16-22,25-32,34,36,38-39,41-42,47,50,61H,4-6,8,11,14-15,23-24,33,35,37,40,43-46,48-49,51-60H2,1-3H3/b10-7-,12-9-,16-13-,20-17-,21-18-,22-19-,28-25-,29-26-,30-27-,32-31+,36-34-,41-38-,42-39-,50-47-. The highest BCUT2D eigenvalue weighted by Gasteiger charge is 2.19. The summed E-state index contributed by atoms with van der Waals surface area (Å²) in [5.41, 5.74) is 0. The third-order valence-electron chi connectivity index (χ3n) is 10.6. The van der Waals surface area contributed by atoms with E-state index in [2.05, 4.69) is 106 Å². The molecule has 0 aromatic rings. The largest absolute Gasteiger partial charge is 0.462 e. The van der Waals surface area contributed by atoms with E-state index >= 15 is 0 Å². The highest BCUT2D eigenvalue weighted by atomic mass is 16.6. The van der Waals surface area contributed by atoms with E-state index in [9.17, 15) is 14.4 Å². The van der Waals surface area contributed by atoms with E-state index in [1.54, 1.807) is 0 Å². The van der Waals surface area contributed by atoms with Crippen molar-refractivity contribution in [3.05, 3.63) is 170 Å². The average molecular weight is 961 g/mol. The van der Waals surface area contributed by atoms with Gasteiger partial charge in [-0.25, -0.2) is 0 Å². The maximum absolute atomic E-state index is 12.8. The molecule has 388 valence electrons. The summed E-state index contributed by atoms with van der Waals surface area (Å²) in [6, 6.07) is 0. The normalized spacial score (nSPS) is 13.5. The van der Waals surface area contributed by atoms with Crippen LogP contribution in [0.4, 0.5) is 0 Å². The van der Waals surface area contributed by atoms with Crippen molar-refractivity contribution in [1.82, 2.24) is 0 Å². The van der Waals surface area contributed by atoms with Gasteiger partial charge >= 0.3 is 17.9 Å². The van der Waals surface area contributed by atoms with E-state index in [4.69, 9.17) is 14.2 Å². The Labute approximate surface area is 428 Å². The van der Waals surface area contributed by atoms with E-state index in [1.165, 1.54) is 44.9 Å². The van der Waals surface area contributed by atoms with Gasteiger partial charge < -0.3 is 14.2 Å². The summed E-state index contributed by atoms with van der Waals surface area (Å²) in [5.74, 6) is -1.08. The summed E-state index contributed by atoms with van der Waals surface area (Å²) in [5, 5.41) is 0. The SMILES string of the molecule is CC\C=C/C=C\C=C/C=C\C=C\C=C/C=C\CCCCCC(=O)OCC(COC(=O)CC/C=C\C/C=C\C/C=C\C/C=C\C/C=C\CC)OC(=O)CCCCCCCCC/C=C\C/C=C\CCCCC. The van der Waals surface area contributed by atoms with Gasteiger partial charge in [0.25, 0.3) is 0 Å². The monoisotopic (exact) mass is 961 g/mol. The first-order valence-electron chi connectivity index (χ1n) is 27.2. The summed E-state index contributed by atoms with van der Waals surface area (Å²) in [4.78, 5) is 38.1. The molecule has 0 rings (SSSR count). The van der Waals surface area contributed by atoms with Crippen LogP contribution in [0.5, 0.6) is 0 Å². The Morgan fingerprint density at radius 2 is 0.657 bits per heavy atom. The maximum Gasteiger partial charge on any atom is 0.306 e. The molecule has 0 N–H and O–H groups in total. The molecule has 0 aromatic carbocycles. The van der Waals surface area contributed by atoms with Crippen molar-refractivity contribution in [2.24, 2.45) is 0 Å². The number of rotatable bonds is 46. The Bertz CT molecular complexity index is 1670.